The normalized spacial score (nSPS) is 20.9. The highest BCUT2D eigenvalue weighted by Gasteiger charge is 2.37. The Morgan fingerprint density at radius 2 is 2.38 bits per heavy atom. The van der Waals surface area contributed by atoms with Gasteiger partial charge in [-0.3, -0.25) is 9.89 Å². The second-order valence-corrected chi connectivity index (χ2v) is 6.30. The molecular formula is C16H17ClFN3O3. The van der Waals surface area contributed by atoms with Crippen LogP contribution in [0.3, 0.4) is 0 Å². The number of aliphatic hydroxyl groups is 1. The molecule has 2 aromatic rings. The monoisotopic (exact) mass is 353 g/mol. The van der Waals surface area contributed by atoms with Crippen LogP contribution in [0.5, 0.6) is 5.75 Å². The Hall–Kier alpha value is -2.12. The molecule has 1 aromatic carbocycles. The van der Waals surface area contributed by atoms with Crippen molar-refractivity contribution < 1.29 is 19.0 Å². The van der Waals surface area contributed by atoms with Gasteiger partial charge >= 0.3 is 0 Å². The molecular weight excluding hydrogens is 337 g/mol. The number of halogens is 2. The zero-order chi connectivity index (χ0) is 17.2. The Balaban J connectivity index is 1.65. The number of amides is 1. The number of piperidine rings is 1. The molecule has 0 spiro atoms. The van der Waals surface area contributed by atoms with Crippen LogP contribution < -0.4 is 4.74 Å². The van der Waals surface area contributed by atoms with Gasteiger partial charge in [-0.1, -0.05) is 17.7 Å². The van der Waals surface area contributed by atoms with E-state index in [1.54, 1.807) is 6.07 Å². The summed E-state index contributed by atoms with van der Waals surface area (Å²) in [4.78, 5) is 14.0. The lowest BCUT2D eigenvalue weighted by Crippen LogP contribution is -2.53. The average Bonchev–Trinajstić information content (AvgIpc) is 2.99. The summed E-state index contributed by atoms with van der Waals surface area (Å²) in [5, 5.41) is 17.3. The Labute approximate surface area is 143 Å². The fourth-order valence-corrected chi connectivity index (χ4v) is 2.93. The van der Waals surface area contributed by atoms with Crippen LogP contribution in [0.25, 0.3) is 0 Å². The van der Waals surface area contributed by atoms with Crippen molar-refractivity contribution in [1.82, 2.24) is 15.1 Å². The average molecular weight is 354 g/mol. The maximum Gasteiger partial charge on any atom is 0.273 e. The van der Waals surface area contributed by atoms with Gasteiger partial charge < -0.3 is 14.7 Å². The van der Waals surface area contributed by atoms with E-state index in [1.807, 2.05) is 0 Å². The van der Waals surface area contributed by atoms with E-state index in [0.29, 0.717) is 25.1 Å². The van der Waals surface area contributed by atoms with Crippen molar-refractivity contribution in [3.05, 3.63) is 47.0 Å². The van der Waals surface area contributed by atoms with Gasteiger partial charge in [0.1, 0.15) is 29.5 Å². The van der Waals surface area contributed by atoms with Crippen molar-refractivity contribution in [2.24, 2.45) is 0 Å². The number of ether oxygens (including phenoxy) is 1. The molecule has 1 amide bonds. The molecule has 2 N–H and O–H groups in total. The number of H-pyrrole nitrogens is 1. The fourth-order valence-electron chi connectivity index (χ4n) is 2.76. The van der Waals surface area contributed by atoms with Crippen molar-refractivity contribution in [2.45, 2.75) is 18.4 Å². The first-order valence-electron chi connectivity index (χ1n) is 7.56. The Morgan fingerprint density at radius 3 is 3.08 bits per heavy atom. The fraction of sp³-hybridized carbons (Fsp3) is 0.375. The van der Waals surface area contributed by atoms with E-state index in [-0.39, 0.29) is 29.8 Å². The third-order valence-electron chi connectivity index (χ3n) is 3.95. The number of hydrogen-bond donors (Lipinski definition) is 2. The first-order chi connectivity index (χ1) is 11.5. The van der Waals surface area contributed by atoms with Crippen LogP contribution in [0, 0.1) is 5.82 Å². The summed E-state index contributed by atoms with van der Waals surface area (Å²) in [5.41, 5.74) is -1.00. The van der Waals surface area contributed by atoms with Crippen LogP contribution in [0.1, 0.15) is 23.3 Å². The van der Waals surface area contributed by atoms with E-state index in [9.17, 15) is 14.3 Å². The van der Waals surface area contributed by atoms with E-state index in [1.165, 1.54) is 29.3 Å². The van der Waals surface area contributed by atoms with Gasteiger partial charge in [0.05, 0.1) is 17.8 Å². The van der Waals surface area contributed by atoms with Crippen LogP contribution in [0.2, 0.25) is 5.02 Å². The van der Waals surface area contributed by atoms with Gasteiger partial charge in [-0.25, -0.2) is 4.39 Å². The smallest absolute Gasteiger partial charge is 0.273 e. The molecule has 1 fully saturated rings. The number of likely N-dealkylation sites (tertiary alicyclic amines) is 1. The molecule has 0 bridgehead atoms. The second kappa shape index (κ2) is 6.78. The summed E-state index contributed by atoms with van der Waals surface area (Å²) < 4.78 is 18.7. The van der Waals surface area contributed by atoms with Crippen molar-refractivity contribution in [3.63, 3.8) is 0 Å². The van der Waals surface area contributed by atoms with Gasteiger partial charge in [-0.05, 0) is 25.0 Å². The number of rotatable bonds is 4. The van der Waals surface area contributed by atoms with Gasteiger partial charge in [0.15, 0.2) is 0 Å². The molecule has 1 aromatic heterocycles. The lowest BCUT2D eigenvalue weighted by molar-refractivity contribution is -0.0533. The minimum absolute atomic E-state index is 0.0308. The molecule has 6 nitrogen and oxygen atoms in total. The number of aromatic nitrogens is 2. The third kappa shape index (κ3) is 3.68. The van der Waals surface area contributed by atoms with E-state index in [4.69, 9.17) is 16.3 Å². The number of aromatic amines is 1. The summed E-state index contributed by atoms with van der Waals surface area (Å²) in [6, 6.07) is 5.71. The predicted molar refractivity (Wildman–Crippen MR) is 85.6 cm³/mol. The maximum absolute atomic E-state index is 13.2. The SMILES string of the molecule is O=C(c1[nH]ncc1Cl)N1CCC[C@](O)(COc2cccc(F)c2)C1. The van der Waals surface area contributed by atoms with Crippen LogP contribution in [0.15, 0.2) is 30.5 Å². The minimum Gasteiger partial charge on any atom is -0.490 e. The van der Waals surface area contributed by atoms with Crippen LogP contribution in [-0.4, -0.2) is 51.4 Å². The largest absolute Gasteiger partial charge is 0.490 e. The Bertz CT molecular complexity index is 739. The molecule has 3 rings (SSSR count). The van der Waals surface area contributed by atoms with E-state index in [2.05, 4.69) is 10.2 Å². The molecule has 1 atom stereocenters. The molecule has 8 heteroatoms. The highest BCUT2D eigenvalue weighted by Crippen LogP contribution is 2.25. The molecule has 2 heterocycles. The summed E-state index contributed by atoms with van der Waals surface area (Å²) in [7, 11) is 0. The standard InChI is InChI=1S/C16H17ClFN3O3/c17-13-8-19-20-14(13)15(22)21-6-2-5-16(23,9-21)10-24-12-4-1-3-11(18)7-12/h1,3-4,7-8,23H,2,5-6,9-10H2,(H,19,20)/t16-/m1/s1. The summed E-state index contributed by atoms with van der Waals surface area (Å²) in [6.45, 7) is 0.587. The first-order valence-corrected chi connectivity index (χ1v) is 7.94. The lowest BCUT2D eigenvalue weighted by Gasteiger charge is -2.38. The van der Waals surface area contributed by atoms with Crippen LogP contribution in [-0.2, 0) is 0 Å². The molecule has 1 aliphatic heterocycles. The highest BCUT2D eigenvalue weighted by molar-refractivity contribution is 6.33. The summed E-state index contributed by atoms with van der Waals surface area (Å²) in [5.74, 6) is -0.390. The van der Waals surface area contributed by atoms with Gasteiger partial charge in [0.2, 0.25) is 0 Å². The quantitative estimate of drug-likeness (QED) is 0.883. The van der Waals surface area contributed by atoms with Crippen LogP contribution >= 0.6 is 11.6 Å². The number of carbonyl (C=O) groups is 1. The topological polar surface area (TPSA) is 78.5 Å². The zero-order valence-corrected chi connectivity index (χ0v) is 13.6. The van der Waals surface area contributed by atoms with E-state index in [0.717, 1.165) is 0 Å². The molecule has 128 valence electrons. The van der Waals surface area contributed by atoms with Gasteiger partial charge in [-0.2, -0.15) is 5.10 Å². The number of nitrogens with zero attached hydrogens (tertiary/aromatic N) is 2. The van der Waals surface area contributed by atoms with Gasteiger partial charge in [0.25, 0.3) is 5.91 Å². The highest BCUT2D eigenvalue weighted by atomic mass is 35.5. The van der Waals surface area contributed by atoms with E-state index >= 15 is 0 Å². The minimum atomic E-state index is -1.20. The van der Waals surface area contributed by atoms with Crippen molar-refractivity contribution in [2.75, 3.05) is 19.7 Å². The molecule has 0 saturated carbocycles. The number of carbonyl (C=O) groups excluding carboxylic acids is 1. The second-order valence-electron chi connectivity index (χ2n) is 5.89. The number of hydrogen-bond acceptors (Lipinski definition) is 4. The Morgan fingerprint density at radius 1 is 1.54 bits per heavy atom. The Kier molecular flexibility index (Phi) is 4.73. The maximum atomic E-state index is 13.2. The molecule has 0 radical (unpaired) electrons. The molecule has 1 saturated heterocycles. The van der Waals surface area contributed by atoms with Gasteiger partial charge in [-0.15, -0.1) is 0 Å². The van der Waals surface area contributed by atoms with Crippen molar-refractivity contribution >= 4 is 17.5 Å². The molecule has 24 heavy (non-hydrogen) atoms. The number of benzene rings is 1. The van der Waals surface area contributed by atoms with Crippen LogP contribution in [0.4, 0.5) is 4.39 Å². The predicted octanol–water partition coefficient (Wildman–Crippen LogP) is 2.25. The lowest BCUT2D eigenvalue weighted by atomic mass is 9.93. The summed E-state index contributed by atoms with van der Waals surface area (Å²) in [6.07, 6.45) is 2.47. The third-order valence-corrected chi connectivity index (χ3v) is 4.24. The van der Waals surface area contributed by atoms with Gasteiger partial charge in [0, 0.05) is 12.6 Å². The number of β-amino-alcohol motifs (C(OH)–C–C–N with tert-alkyl or cyclic N) is 1. The molecule has 1 aliphatic rings. The van der Waals surface area contributed by atoms with Crippen molar-refractivity contribution in [3.8, 4) is 5.75 Å². The van der Waals surface area contributed by atoms with E-state index < -0.39 is 11.4 Å². The molecule has 0 aliphatic carbocycles. The molecule has 0 unspecified atom stereocenters. The first kappa shape index (κ1) is 16.7. The number of nitrogens with one attached hydrogen (secondary N) is 1. The summed E-state index contributed by atoms with van der Waals surface area (Å²) >= 11 is 5.92. The van der Waals surface area contributed by atoms with Crippen molar-refractivity contribution in [1.29, 1.82) is 0 Å². The zero-order valence-electron chi connectivity index (χ0n) is 12.8.